The van der Waals surface area contributed by atoms with E-state index in [0.717, 1.165) is 36.7 Å². The van der Waals surface area contributed by atoms with Crippen LogP contribution in [0.4, 0.5) is 5.82 Å². The van der Waals surface area contributed by atoms with Gasteiger partial charge < -0.3 is 15.1 Å². The van der Waals surface area contributed by atoms with Crippen LogP contribution in [0.15, 0.2) is 6.33 Å². The normalized spacial score (nSPS) is 22.7. The zero-order chi connectivity index (χ0) is 14.4. The summed E-state index contributed by atoms with van der Waals surface area (Å²) < 4.78 is 0. The van der Waals surface area contributed by atoms with Crippen LogP contribution in [0.5, 0.6) is 0 Å². The van der Waals surface area contributed by atoms with Crippen molar-refractivity contribution in [2.45, 2.75) is 25.4 Å². The van der Waals surface area contributed by atoms with Gasteiger partial charge in [0.05, 0.1) is 5.39 Å². The highest BCUT2D eigenvalue weighted by Crippen LogP contribution is 2.37. The molecule has 0 bridgehead atoms. The number of aromatic nitrogens is 2. The largest absolute Gasteiger partial charge is 0.355 e. The average molecular weight is 303 g/mol. The molecular weight excluding hydrogens is 282 g/mol. The number of hydrogen-bond donors (Lipinski definition) is 1. The fourth-order valence-electron chi connectivity index (χ4n) is 3.51. The molecule has 1 fully saturated rings. The van der Waals surface area contributed by atoms with Crippen LogP contribution >= 0.6 is 11.3 Å². The van der Waals surface area contributed by atoms with Crippen LogP contribution < -0.4 is 10.2 Å². The van der Waals surface area contributed by atoms with E-state index in [9.17, 15) is 0 Å². The van der Waals surface area contributed by atoms with E-state index in [2.05, 4.69) is 39.2 Å². The lowest BCUT2D eigenvalue weighted by atomic mass is 10.1. The first-order valence-electron chi connectivity index (χ1n) is 7.61. The summed E-state index contributed by atoms with van der Waals surface area (Å²) in [6.45, 7) is 4.33. The number of rotatable bonds is 2. The molecule has 2 aromatic heterocycles. The van der Waals surface area contributed by atoms with Crippen molar-refractivity contribution in [1.29, 1.82) is 0 Å². The highest BCUT2D eigenvalue weighted by atomic mass is 32.1. The van der Waals surface area contributed by atoms with Gasteiger partial charge in [-0.15, -0.1) is 11.3 Å². The second-order valence-electron chi connectivity index (χ2n) is 6.12. The van der Waals surface area contributed by atoms with Crippen LogP contribution in [-0.4, -0.2) is 54.6 Å². The smallest absolute Gasteiger partial charge is 0.141 e. The zero-order valence-electron chi connectivity index (χ0n) is 12.6. The summed E-state index contributed by atoms with van der Waals surface area (Å²) in [6.07, 6.45) is 4.03. The van der Waals surface area contributed by atoms with E-state index in [0.29, 0.717) is 6.04 Å². The van der Waals surface area contributed by atoms with Gasteiger partial charge in [-0.3, -0.25) is 0 Å². The molecule has 5 nitrogen and oxygen atoms in total. The molecule has 0 spiro atoms. The van der Waals surface area contributed by atoms with Gasteiger partial charge in [-0.25, -0.2) is 9.97 Å². The number of nitrogens with one attached hydrogen (secondary N) is 1. The van der Waals surface area contributed by atoms with Crippen molar-refractivity contribution < 1.29 is 0 Å². The molecule has 2 aliphatic rings. The van der Waals surface area contributed by atoms with Crippen molar-refractivity contribution in [3.05, 3.63) is 16.8 Å². The number of likely N-dealkylation sites (tertiary alicyclic amines) is 1. The minimum absolute atomic E-state index is 0.561. The fraction of sp³-hybridized carbons (Fsp3) is 0.600. The SMILES string of the molecule is CN1CC[C@@H](N(C)c2ncnc3sc4c(c23)CCNC4)C1. The summed E-state index contributed by atoms with van der Waals surface area (Å²) in [5, 5.41) is 4.76. The predicted molar refractivity (Wildman–Crippen MR) is 87.1 cm³/mol. The maximum atomic E-state index is 4.64. The Bertz CT molecular complexity index is 667. The Hall–Kier alpha value is -1.24. The van der Waals surface area contributed by atoms with Gasteiger partial charge in [0.25, 0.3) is 0 Å². The molecule has 1 N–H and O–H groups in total. The summed E-state index contributed by atoms with van der Waals surface area (Å²) in [5.74, 6) is 1.12. The van der Waals surface area contributed by atoms with Gasteiger partial charge in [0, 0.05) is 31.1 Å². The van der Waals surface area contributed by atoms with Crippen LogP contribution in [0.3, 0.4) is 0 Å². The summed E-state index contributed by atoms with van der Waals surface area (Å²) in [4.78, 5) is 16.5. The van der Waals surface area contributed by atoms with Crippen LogP contribution in [0.2, 0.25) is 0 Å². The second-order valence-corrected chi connectivity index (χ2v) is 7.21. The highest BCUT2D eigenvalue weighted by molar-refractivity contribution is 7.19. The third-order valence-electron chi connectivity index (χ3n) is 4.74. The Kier molecular flexibility index (Phi) is 3.32. The fourth-order valence-corrected chi connectivity index (χ4v) is 4.66. The quantitative estimate of drug-likeness (QED) is 0.910. The van der Waals surface area contributed by atoms with Crippen molar-refractivity contribution in [1.82, 2.24) is 20.2 Å². The maximum Gasteiger partial charge on any atom is 0.141 e. The first-order chi connectivity index (χ1) is 10.2. The molecule has 4 heterocycles. The number of likely N-dealkylation sites (N-methyl/N-ethyl adjacent to an activating group) is 2. The van der Waals surface area contributed by atoms with E-state index in [1.165, 1.54) is 28.8 Å². The molecule has 112 valence electrons. The summed E-state index contributed by atoms with van der Waals surface area (Å²) in [5.41, 5.74) is 1.47. The monoisotopic (exact) mass is 303 g/mol. The molecule has 0 unspecified atom stereocenters. The van der Waals surface area contributed by atoms with Gasteiger partial charge in [0.1, 0.15) is 17.0 Å². The lowest BCUT2D eigenvalue weighted by molar-refractivity contribution is 0.409. The van der Waals surface area contributed by atoms with E-state index >= 15 is 0 Å². The number of fused-ring (bicyclic) bond motifs is 3. The molecule has 1 saturated heterocycles. The molecule has 0 aliphatic carbocycles. The van der Waals surface area contributed by atoms with E-state index in [1.807, 2.05) is 11.3 Å². The Morgan fingerprint density at radius 2 is 2.33 bits per heavy atom. The van der Waals surface area contributed by atoms with Crippen molar-refractivity contribution in [3.63, 3.8) is 0 Å². The molecule has 0 amide bonds. The van der Waals surface area contributed by atoms with Crippen molar-refractivity contribution in [3.8, 4) is 0 Å². The molecule has 0 radical (unpaired) electrons. The van der Waals surface area contributed by atoms with Crippen molar-refractivity contribution in [2.24, 2.45) is 0 Å². The van der Waals surface area contributed by atoms with Gasteiger partial charge in [-0.1, -0.05) is 0 Å². The van der Waals surface area contributed by atoms with Crippen LogP contribution in [-0.2, 0) is 13.0 Å². The molecule has 6 heteroatoms. The molecular formula is C15H21N5S. The molecule has 4 rings (SSSR count). The van der Waals surface area contributed by atoms with E-state index < -0.39 is 0 Å². The van der Waals surface area contributed by atoms with E-state index in [-0.39, 0.29) is 0 Å². The molecule has 0 saturated carbocycles. The second kappa shape index (κ2) is 5.19. The average Bonchev–Trinajstić information content (AvgIpc) is 3.09. The van der Waals surface area contributed by atoms with Crippen molar-refractivity contribution in [2.75, 3.05) is 38.6 Å². The third kappa shape index (κ3) is 2.22. The highest BCUT2D eigenvalue weighted by Gasteiger charge is 2.27. The van der Waals surface area contributed by atoms with Crippen molar-refractivity contribution >= 4 is 27.4 Å². The molecule has 2 aliphatic heterocycles. The number of anilines is 1. The summed E-state index contributed by atoms with van der Waals surface area (Å²) >= 11 is 1.82. The Morgan fingerprint density at radius 1 is 1.43 bits per heavy atom. The minimum atomic E-state index is 0.561. The Balaban J connectivity index is 1.79. The van der Waals surface area contributed by atoms with Gasteiger partial charge in [-0.05, 0) is 38.5 Å². The standard InChI is InChI=1S/C15H21N5S/c1-19-6-4-10(8-19)20(2)14-13-11-3-5-16-7-12(11)21-15(13)18-9-17-14/h9-10,16H,3-8H2,1-2H3/t10-/m1/s1. The maximum absolute atomic E-state index is 4.64. The topological polar surface area (TPSA) is 44.3 Å². The van der Waals surface area contributed by atoms with Crippen LogP contribution in [0.1, 0.15) is 16.9 Å². The lowest BCUT2D eigenvalue weighted by Crippen LogP contribution is -2.34. The lowest BCUT2D eigenvalue weighted by Gasteiger charge is -2.26. The Labute approximate surface area is 129 Å². The number of thiophene rings is 1. The predicted octanol–water partition coefficient (Wildman–Crippen LogP) is 1.48. The Morgan fingerprint density at radius 3 is 3.14 bits per heavy atom. The first kappa shape index (κ1) is 13.4. The van der Waals surface area contributed by atoms with E-state index in [1.54, 1.807) is 6.33 Å². The van der Waals surface area contributed by atoms with Gasteiger partial charge in [0.2, 0.25) is 0 Å². The minimum Gasteiger partial charge on any atom is -0.355 e. The first-order valence-corrected chi connectivity index (χ1v) is 8.43. The molecule has 2 aromatic rings. The summed E-state index contributed by atoms with van der Waals surface area (Å²) in [6, 6.07) is 0.561. The van der Waals surface area contributed by atoms with Gasteiger partial charge in [0.15, 0.2) is 0 Å². The van der Waals surface area contributed by atoms with Gasteiger partial charge >= 0.3 is 0 Å². The summed E-state index contributed by atoms with van der Waals surface area (Å²) in [7, 11) is 4.39. The molecule has 0 aromatic carbocycles. The van der Waals surface area contributed by atoms with Crippen LogP contribution in [0.25, 0.3) is 10.2 Å². The third-order valence-corrected chi connectivity index (χ3v) is 5.88. The molecule has 21 heavy (non-hydrogen) atoms. The van der Waals surface area contributed by atoms with E-state index in [4.69, 9.17) is 0 Å². The molecule has 1 atom stereocenters. The zero-order valence-corrected chi connectivity index (χ0v) is 13.4. The number of hydrogen-bond acceptors (Lipinski definition) is 6. The van der Waals surface area contributed by atoms with Crippen LogP contribution in [0, 0.1) is 0 Å². The van der Waals surface area contributed by atoms with Gasteiger partial charge in [-0.2, -0.15) is 0 Å². The number of nitrogens with zero attached hydrogens (tertiary/aromatic N) is 4.